The Bertz CT molecular complexity index is 874. The fraction of sp³-hybridized carbons (Fsp3) is 0.364. The maximum atomic E-state index is 13.1. The van der Waals surface area contributed by atoms with E-state index in [-0.39, 0.29) is 23.5 Å². The standard InChI is InChI=1S/C22H24F2N2O4/c1-2-29-21(28)15-6-5-13-26(14-15)20(27)18-7-3-4-8-19(18)25-16-9-11-17(12-10-16)30-22(23)24/h3-4,7-12,15,22,25H,2,5-6,13-14H2,1H3. The van der Waals surface area contributed by atoms with Crippen molar-refractivity contribution in [3.8, 4) is 5.75 Å². The number of amides is 1. The number of carbonyl (C=O) groups is 2. The summed E-state index contributed by atoms with van der Waals surface area (Å²) in [5.41, 5.74) is 1.68. The number of alkyl halides is 2. The first-order valence-electron chi connectivity index (χ1n) is 9.84. The highest BCUT2D eigenvalue weighted by molar-refractivity contribution is 6.00. The molecule has 1 amide bonds. The molecule has 1 heterocycles. The summed E-state index contributed by atoms with van der Waals surface area (Å²) in [7, 11) is 0. The number of hydrogen-bond acceptors (Lipinski definition) is 5. The van der Waals surface area contributed by atoms with Crippen molar-refractivity contribution >= 4 is 23.3 Å². The highest BCUT2D eigenvalue weighted by atomic mass is 19.3. The lowest BCUT2D eigenvalue weighted by molar-refractivity contribution is -0.149. The number of likely N-dealkylation sites (tertiary alicyclic amines) is 1. The average Bonchev–Trinajstić information content (AvgIpc) is 2.75. The summed E-state index contributed by atoms with van der Waals surface area (Å²) in [6, 6.07) is 13.1. The monoisotopic (exact) mass is 418 g/mol. The first kappa shape index (κ1) is 21.5. The molecule has 1 aliphatic rings. The van der Waals surface area contributed by atoms with Crippen molar-refractivity contribution in [1.29, 1.82) is 0 Å². The van der Waals surface area contributed by atoms with Gasteiger partial charge in [-0.3, -0.25) is 9.59 Å². The van der Waals surface area contributed by atoms with E-state index in [1.165, 1.54) is 12.1 Å². The predicted octanol–water partition coefficient (Wildman–Crippen LogP) is 4.45. The lowest BCUT2D eigenvalue weighted by atomic mass is 9.97. The van der Waals surface area contributed by atoms with Crippen molar-refractivity contribution in [3.63, 3.8) is 0 Å². The number of nitrogens with zero attached hydrogens (tertiary/aromatic N) is 1. The third kappa shape index (κ3) is 5.46. The Morgan fingerprint density at radius 3 is 2.60 bits per heavy atom. The van der Waals surface area contributed by atoms with E-state index in [4.69, 9.17) is 4.74 Å². The van der Waals surface area contributed by atoms with Crippen LogP contribution < -0.4 is 10.1 Å². The third-order valence-corrected chi connectivity index (χ3v) is 4.84. The molecule has 8 heteroatoms. The number of nitrogens with one attached hydrogen (secondary N) is 1. The van der Waals surface area contributed by atoms with Gasteiger partial charge in [0.05, 0.1) is 23.8 Å². The molecular formula is C22H24F2N2O4. The number of piperidine rings is 1. The van der Waals surface area contributed by atoms with Crippen molar-refractivity contribution in [1.82, 2.24) is 4.90 Å². The summed E-state index contributed by atoms with van der Waals surface area (Å²) in [5, 5.41) is 3.15. The molecule has 6 nitrogen and oxygen atoms in total. The lowest BCUT2D eigenvalue weighted by Gasteiger charge is -2.32. The predicted molar refractivity (Wildman–Crippen MR) is 108 cm³/mol. The fourth-order valence-electron chi connectivity index (χ4n) is 3.44. The molecule has 1 saturated heterocycles. The zero-order chi connectivity index (χ0) is 21.5. The number of anilines is 2. The van der Waals surface area contributed by atoms with E-state index in [1.54, 1.807) is 48.2 Å². The van der Waals surface area contributed by atoms with E-state index < -0.39 is 6.61 Å². The van der Waals surface area contributed by atoms with E-state index >= 15 is 0 Å². The van der Waals surface area contributed by atoms with E-state index in [0.717, 1.165) is 6.42 Å². The van der Waals surface area contributed by atoms with Gasteiger partial charge in [-0.25, -0.2) is 0 Å². The van der Waals surface area contributed by atoms with E-state index in [1.807, 2.05) is 0 Å². The molecule has 2 aromatic carbocycles. The Balaban J connectivity index is 1.73. The smallest absolute Gasteiger partial charge is 0.387 e. The van der Waals surface area contributed by atoms with Gasteiger partial charge in [0.1, 0.15) is 5.75 Å². The number of rotatable bonds is 7. The van der Waals surface area contributed by atoms with Crippen LogP contribution in [-0.2, 0) is 9.53 Å². The van der Waals surface area contributed by atoms with Crippen LogP contribution in [0.4, 0.5) is 20.2 Å². The molecule has 1 atom stereocenters. The van der Waals surface area contributed by atoms with Gasteiger partial charge >= 0.3 is 12.6 Å². The molecule has 0 bridgehead atoms. The quantitative estimate of drug-likeness (QED) is 0.673. The highest BCUT2D eigenvalue weighted by Gasteiger charge is 2.30. The SMILES string of the molecule is CCOC(=O)C1CCCN(C(=O)c2ccccc2Nc2ccc(OC(F)F)cc2)C1. The van der Waals surface area contributed by atoms with Crippen molar-refractivity contribution in [2.24, 2.45) is 5.92 Å². The highest BCUT2D eigenvalue weighted by Crippen LogP contribution is 2.26. The number of halogens is 2. The first-order valence-corrected chi connectivity index (χ1v) is 9.84. The zero-order valence-corrected chi connectivity index (χ0v) is 16.6. The summed E-state index contributed by atoms with van der Waals surface area (Å²) >= 11 is 0. The average molecular weight is 418 g/mol. The maximum Gasteiger partial charge on any atom is 0.387 e. The molecule has 1 fully saturated rings. The first-order chi connectivity index (χ1) is 14.5. The van der Waals surface area contributed by atoms with Gasteiger partial charge in [-0.1, -0.05) is 12.1 Å². The summed E-state index contributed by atoms with van der Waals surface area (Å²) in [6.07, 6.45) is 1.44. The van der Waals surface area contributed by atoms with Crippen LogP contribution in [0.3, 0.4) is 0 Å². The van der Waals surface area contributed by atoms with Gasteiger partial charge in [0.2, 0.25) is 0 Å². The van der Waals surface area contributed by atoms with Crippen molar-refractivity contribution in [2.75, 3.05) is 25.0 Å². The summed E-state index contributed by atoms with van der Waals surface area (Å²) in [4.78, 5) is 26.9. The van der Waals surface area contributed by atoms with Gasteiger partial charge in [-0.15, -0.1) is 0 Å². The fourth-order valence-corrected chi connectivity index (χ4v) is 3.44. The summed E-state index contributed by atoms with van der Waals surface area (Å²) in [5.74, 6) is -0.708. The van der Waals surface area contributed by atoms with Gasteiger partial charge in [-0.05, 0) is 56.2 Å². The van der Waals surface area contributed by atoms with Gasteiger partial charge in [0.25, 0.3) is 5.91 Å². The van der Waals surface area contributed by atoms with Gasteiger partial charge in [0, 0.05) is 18.8 Å². The van der Waals surface area contributed by atoms with Gasteiger partial charge in [0.15, 0.2) is 0 Å². The minimum Gasteiger partial charge on any atom is -0.466 e. The second-order valence-electron chi connectivity index (χ2n) is 6.92. The normalized spacial score (nSPS) is 16.3. The molecule has 0 saturated carbocycles. The molecule has 1 aliphatic heterocycles. The second-order valence-corrected chi connectivity index (χ2v) is 6.92. The van der Waals surface area contributed by atoms with Crippen LogP contribution in [0.5, 0.6) is 5.75 Å². The number of para-hydroxylation sites is 1. The molecule has 0 aromatic heterocycles. The molecule has 0 spiro atoms. The number of ether oxygens (including phenoxy) is 2. The zero-order valence-electron chi connectivity index (χ0n) is 16.6. The van der Waals surface area contributed by atoms with Gasteiger partial charge in [-0.2, -0.15) is 8.78 Å². The van der Waals surface area contributed by atoms with Crippen LogP contribution in [0.15, 0.2) is 48.5 Å². The number of carbonyl (C=O) groups excluding carboxylic acids is 2. The van der Waals surface area contributed by atoms with Gasteiger partial charge < -0.3 is 19.7 Å². The Kier molecular flexibility index (Phi) is 7.21. The maximum absolute atomic E-state index is 13.1. The van der Waals surface area contributed by atoms with E-state index in [2.05, 4.69) is 10.1 Å². The van der Waals surface area contributed by atoms with E-state index in [9.17, 15) is 18.4 Å². The molecule has 0 radical (unpaired) electrons. The number of benzene rings is 2. The molecule has 3 rings (SSSR count). The Morgan fingerprint density at radius 2 is 1.90 bits per heavy atom. The number of esters is 1. The summed E-state index contributed by atoms with van der Waals surface area (Å²) < 4.78 is 34.0. The third-order valence-electron chi connectivity index (χ3n) is 4.84. The van der Waals surface area contributed by atoms with Crippen LogP contribution >= 0.6 is 0 Å². The van der Waals surface area contributed by atoms with Crippen LogP contribution in [0.2, 0.25) is 0 Å². The molecule has 1 N–H and O–H groups in total. The lowest BCUT2D eigenvalue weighted by Crippen LogP contribution is -2.43. The minimum absolute atomic E-state index is 0.0539. The number of hydrogen-bond donors (Lipinski definition) is 1. The molecule has 160 valence electrons. The van der Waals surface area contributed by atoms with Crippen molar-refractivity contribution in [3.05, 3.63) is 54.1 Å². The molecule has 0 aliphatic carbocycles. The molecule has 1 unspecified atom stereocenters. The van der Waals surface area contributed by atoms with Crippen LogP contribution in [0.25, 0.3) is 0 Å². The van der Waals surface area contributed by atoms with Crippen molar-refractivity contribution in [2.45, 2.75) is 26.4 Å². The topological polar surface area (TPSA) is 67.9 Å². The van der Waals surface area contributed by atoms with Crippen molar-refractivity contribution < 1.29 is 27.8 Å². The Morgan fingerprint density at radius 1 is 1.17 bits per heavy atom. The minimum atomic E-state index is -2.88. The second kappa shape index (κ2) is 10.0. The summed E-state index contributed by atoms with van der Waals surface area (Å²) in [6.45, 7) is 0.0914. The van der Waals surface area contributed by atoms with Crippen LogP contribution in [-0.4, -0.2) is 43.1 Å². The molecular weight excluding hydrogens is 394 g/mol. The molecule has 30 heavy (non-hydrogen) atoms. The Labute approximate surface area is 173 Å². The molecule has 2 aromatic rings. The van der Waals surface area contributed by atoms with Crippen LogP contribution in [0.1, 0.15) is 30.1 Å². The largest absolute Gasteiger partial charge is 0.466 e. The van der Waals surface area contributed by atoms with Crippen LogP contribution in [0, 0.1) is 5.92 Å². The van der Waals surface area contributed by atoms with E-state index in [0.29, 0.717) is 43.1 Å². The Hall–Kier alpha value is -3.16.